The molecule has 0 spiro atoms. The van der Waals surface area contributed by atoms with Crippen LogP contribution in [0.5, 0.6) is 0 Å². The molecule has 2 aliphatic heterocycles. The minimum absolute atomic E-state index is 0. The molecule has 2 aliphatic rings. The summed E-state index contributed by atoms with van der Waals surface area (Å²) < 4.78 is 27.4. The number of halogens is 1. The maximum absolute atomic E-state index is 12.9. The fourth-order valence-electron chi connectivity index (χ4n) is 3.92. The van der Waals surface area contributed by atoms with Gasteiger partial charge in [-0.3, -0.25) is 4.79 Å². The van der Waals surface area contributed by atoms with Crippen LogP contribution in [0.25, 0.3) is 0 Å². The summed E-state index contributed by atoms with van der Waals surface area (Å²) in [5.41, 5.74) is 1.13. The molecule has 1 atom stereocenters. The van der Waals surface area contributed by atoms with Crippen molar-refractivity contribution in [3.8, 4) is 0 Å². The lowest BCUT2D eigenvalue weighted by Gasteiger charge is -2.38. The molecule has 3 rings (SSSR count). The molecule has 2 fully saturated rings. The number of nitrogens with one attached hydrogen (secondary N) is 1. The second kappa shape index (κ2) is 9.57. The average Bonchev–Trinajstić information content (AvgIpc) is 2.68. The molecular weight excluding hydrogens is 398 g/mol. The number of rotatable bonds is 4. The van der Waals surface area contributed by atoms with Crippen LogP contribution in [0.2, 0.25) is 0 Å². The van der Waals surface area contributed by atoms with Crippen LogP contribution in [0.3, 0.4) is 0 Å². The molecule has 0 bridgehead atoms. The van der Waals surface area contributed by atoms with Crippen LogP contribution < -0.4 is 5.32 Å². The Labute approximate surface area is 175 Å². The van der Waals surface area contributed by atoms with Crippen molar-refractivity contribution in [3.63, 3.8) is 0 Å². The Bertz CT molecular complexity index is 759. The van der Waals surface area contributed by atoms with Gasteiger partial charge in [0.25, 0.3) is 0 Å². The normalized spacial score (nSPS) is 22.1. The summed E-state index contributed by atoms with van der Waals surface area (Å²) >= 11 is 0. The van der Waals surface area contributed by atoms with E-state index in [1.54, 1.807) is 12.1 Å². The van der Waals surface area contributed by atoms with E-state index in [2.05, 4.69) is 26.1 Å². The average molecular weight is 430 g/mol. The summed E-state index contributed by atoms with van der Waals surface area (Å²) in [7, 11) is -3.49. The number of hydrogen-bond donors (Lipinski definition) is 1. The maximum Gasteiger partial charge on any atom is 0.243 e. The van der Waals surface area contributed by atoms with E-state index in [-0.39, 0.29) is 30.3 Å². The van der Waals surface area contributed by atoms with Crippen LogP contribution in [0, 0.1) is 5.92 Å². The summed E-state index contributed by atoms with van der Waals surface area (Å²) in [6, 6.07) is 7.38. The number of hydrogen-bond acceptors (Lipinski definition) is 4. The van der Waals surface area contributed by atoms with E-state index in [0.29, 0.717) is 36.7 Å². The second-order valence-corrected chi connectivity index (χ2v) is 9.92. The van der Waals surface area contributed by atoms with Gasteiger partial charge in [0.2, 0.25) is 15.9 Å². The topological polar surface area (TPSA) is 69.7 Å². The number of piperidine rings is 1. The predicted molar refractivity (Wildman–Crippen MR) is 113 cm³/mol. The standard InChI is InChI=1S/C20H31N3O3S.ClH/c1-15(2)17-4-6-19(7-5-17)27(25,26)22-11-8-18(9-12-22)20(24)23-13-10-21-14-16(23)3;/h4-7,15-16,18,21H,8-14H2,1-3H3;1H/t16-;/m0./s1. The van der Waals surface area contributed by atoms with Crippen LogP contribution in [-0.4, -0.2) is 62.3 Å². The third kappa shape index (κ3) is 4.87. The molecule has 158 valence electrons. The number of benzene rings is 1. The molecule has 1 N–H and O–H groups in total. The predicted octanol–water partition coefficient (Wildman–Crippen LogP) is 2.45. The number of nitrogens with zero attached hydrogens (tertiary/aromatic N) is 2. The quantitative estimate of drug-likeness (QED) is 0.798. The number of carbonyl (C=O) groups excluding carboxylic acids is 1. The lowest BCUT2D eigenvalue weighted by Crippen LogP contribution is -2.55. The molecule has 2 heterocycles. The number of carbonyl (C=O) groups is 1. The largest absolute Gasteiger partial charge is 0.337 e. The molecule has 8 heteroatoms. The lowest BCUT2D eigenvalue weighted by molar-refractivity contribution is -0.139. The van der Waals surface area contributed by atoms with Crippen molar-refractivity contribution in [2.24, 2.45) is 5.92 Å². The van der Waals surface area contributed by atoms with Gasteiger partial charge in [-0.25, -0.2) is 8.42 Å². The van der Waals surface area contributed by atoms with Crippen LogP contribution in [0.15, 0.2) is 29.2 Å². The van der Waals surface area contributed by atoms with Crippen LogP contribution >= 0.6 is 12.4 Å². The van der Waals surface area contributed by atoms with E-state index in [0.717, 1.165) is 25.2 Å². The highest BCUT2D eigenvalue weighted by molar-refractivity contribution is 7.89. The van der Waals surface area contributed by atoms with Gasteiger partial charge in [0, 0.05) is 44.7 Å². The Morgan fingerprint density at radius 3 is 2.25 bits per heavy atom. The SMILES string of the molecule is CC(C)c1ccc(S(=O)(=O)N2CCC(C(=O)N3CCNC[C@@H]3C)CC2)cc1.Cl. The van der Waals surface area contributed by atoms with Crippen molar-refractivity contribution in [1.82, 2.24) is 14.5 Å². The molecule has 6 nitrogen and oxygen atoms in total. The van der Waals surface area contributed by atoms with Crippen LogP contribution in [-0.2, 0) is 14.8 Å². The molecule has 0 unspecified atom stereocenters. The first kappa shape index (κ1) is 23.1. The minimum Gasteiger partial charge on any atom is -0.337 e. The Kier molecular flexibility index (Phi) is 7.90. The molecule has 0 aromatic heterocycles. The smallest absolute Gasteiger partial charge is 0.243 e. The molecule has 1 aromatic rings. The van der Waals surface area contributed by atoms with Crippen molar-refractivity contribution in [1.29, 1.82) is 0 Å². The van der Waals surface area contributed by atoms with Gasteiger partial charge in [-0.15, -0.1) is 12.4 Å². The van der Waals surface area contributed by atoms with Crippen LogP contribution in [0.1, 0.15) is 45.1 Å². The zero-order valence-corrected chi connectivity index (χ0v) is 18.6. The Morgan fingerprint density at radius 1 is 1.11 bits per heavy atom. The highest BCUT2D eigenvalue weighted by atomic mass is 35.5. The zero-order chi connectivity index (χ0) is 19.6. The minimum atomic E-state index is -3.49. The first-order chi connectivity index (χ1) is 12.8. The summed E-state index contributed by atoms with van der Waals surface area (Å²) in [5.74, 6) is 0.485. The van der Waals surface area contributed by atoms with E-state index >= 15 is 0 Å². The Morgan fingerprint density at radius 2 is 1.71 bits per heavy atom. The summed E-state index contributed by atoms with van der Waals surface area (Å²) in [5, 5.41) is 3.30. The first-order valence-electron chi connectivity index (χ1n) is 9.92. The fourth-order valence-corrected chi connectivity index (χ4v) is 5.39. The van der Waals surface area contributed by atoms with Gasteiger partial charge >= 0.3 is 0 Å². The highest BCUT2D eigenvalue weighted by Crippen LogP contribution is 2.27. The molecule has 0 radical (unpaired) electrons. The van der Waals surface area contributed by atoms with Gasteiger partial charge in [0.05, 0.1) is 4.90 Å². The van der Waals surface area contributed by atoms with Gasteiger partial charge in [-0.2, -0.15) is 4.31 Å². The van der Waals surface area contributed by atoms with Gasteiger partial charge in [-0.1, -0.05) is 26.0 Å². The van der Waals surface area contributed by atoms with Gasteiger partial charge < -0.3 is 10.2 Å². The molecule has 1 aromatic carbocycles. The molecule has 28 heavy (non-hydrogen) atoms. The second-order valence-electron chi connectivity index (χ2n) is 7.99. The summed E-state index contributed by atoms with van der Waals surface area (Å²) in [4.78, 5) is 15.1. The number of amides is 1. The first-order valence-corrected chi connectivity index (χ1v) is 11.4. The lowest BCUT2D eigenvalue weighted by atomic mass is 9.95. The summed E-state index contributed by atoms with van der Waals surface area (Å²) in [6.45, 7) is 9.44. The van der Waals surface area contributed by atoms with Gasteiger partial charge in [0.1, 0.15) is 0 Å². The molecular formula is C20H32ClN3O3S. The van der Waals surface area contributed by atoms with E-state index in [4.69, 9.17) is 0 Å². The van der Waals surface area contributed by atoms with Crippen LogP contribution in [0.4, 0.5) is 0 Å². The van der Waals surface area contributed by atoms with Crippen molar-refractivity contribution < 1.29 is 13.2 Å². The number of piperazine rings is 1. The highest BCUT2D eigenvalue weighted by Gasteiger charge is 2.35. The summed E-state index contributed by atoms with van der Waals surface area (Å²) in [6.07, 6.45) is 1.19. The molecule has 1 amide bonds. The van der Waals surface area contributed by atoms with Crippen molar-refractivity contribution in [3.05, 3.63) is 29.8 Å². The van der Waals surface area contributed by atoms with Gasteiger partial charge in [0.15, 0.2) is 0 Å². The van der Waals surface area contributed by atoms with E-state index in [1.165, 1.54) is 4.31 Å². The third-order valence-electron chi connectivity index (χ3n) is 5.77. The van der Waals surface area contributed by atoms with Crippen molar-refractivity contribution in [2.75, 3.05) is 32.7 Å². The zero-order valence-electron chi connectivity index (χ0n) is 16.9. The Balaban J connectivity index is 0.00000280. The van der Waals surface area contributed by atoms with E-state index < -0.39 is 10.0 Å². The van der Waals surface area contributed by atoms with Crippen molar-refractivity contribution >= 4 is 28.3 Å². The monoisotopic (exact) mass is 429 g/mol. The van der Waals surface area contributed by atoms with Crippen molar-refractivity contribution in [2.45, 2.75) is 50.5 Å². The third-order valence-corrected chi connectivity index (χ3v) is 7.68. The fraction of sp³-hybridized carbons (Fsp3) is 0.650. The van der Waals surface area contributed by atoms with Gasteiger partial charge in [-0.05, 0) is 43.4 Å². The molecule has 0 saturated carbocycles. The maximum atomic E-state index is 12.9. The van der Waals surface area contributed by atoms with E-state index in [9.17, 15) is 13.2 Å². The van der Waals surface area contributed by atoms with E-state index in [1.807, 2.05) is 17.0 Å². The Hall–Kier alpha value is -1.15. The number of sulfonamides is 1. The molecule has 2 saturated heterocycles. The molecule has 0 aliphatic carbocycles.